The molecule has 1 heteroatoms. The Morgan fingerprint density at radius 1 is 0.640 bits per heavy atom. The molecule has 136 valence electrons. The van der Waals surface area contributed by atoms with E-state index >= 15 is 0 Å². The molecular weight excluding hydrogens is 302 g/mol. The van der Waals surface area contributed by atoms with Crippen molar-refractivity contribution in [1.82, 2.24) is 4.90 Å². The third kappa shape index (κ3) is 3.49. The maximum atomic E-state index is 2.61. The molecule has 2 aromatic rings. The number of benzene rings is 2. The highest BCUT2D eigenvalue weighted by Crippen LogP contribution is 2.39. The highest BCUT2D eigenvalue weighted by atomic mass is 15.2. The maximum absolute atomic E-state index is 2.61. The van der Waals surface area contributed by atoms with E-state index < -0.39 is 0 Å². The van der Waals surface area contributed by atoms with Crippen LogP contribution in [0.1, 0.15) is 84.6 Å². The fourth-order valence-electron chi connectivity index (χ4n) is 3.76. The summed E-state index contributed by atoms with van der Waals surface area (Å²) in [6.07, 6.45) is 0. The Morgan fingerprint density at radius 2 is 1.04 bits per heavy atom. The first-order chi connectivity index (χ1) is 11.3. The lowest BCUT2D eigenvalue weighted by atomic mass is 9.79. The lowest BCUT2D eigenvalue weighted by Gasteiger charge is -2.40. The van der Waals surface area contributed by atoms with Crippen molar-refractivity contribution >= 4 is 10.8 Å². The first kappa shape index (κ1) is 18.5. The molecule has 3 rings (SSSR count). The lowest BCUT2D eigenvalue weighted by molar-refractivity contribution is 0.116. The molecule has 1 aliphatic heterocycles. The van der Waals surface area contributed by atoms with Gasteiger partial charge in [-0.25, -0.2) is 0 Å². The zero-order chi connectivity index (χ0) is 18.8. The van der Waals surface area contributed by atoms with E-state index in [1.54, 1.807) is 0 Å². The van der Waals surface area contributed by atoms with Crippen LogP contribution in [0.25, 0.3) is 10.8 Å². The SMILES string of the molecule is CC(C)(C)c1cc2c3c(cc(C(C)(C)C)cc3c1)CN(C(C)(C)C)C2. The standard InChI is InChI=1S/C24H35N/c1-22(2,3)19-10-16-11-20(23(4,5)6)13-18-15-25(24(7,8)9)14-17(12-19)21(16)18/h10-13H,14-15H2,1-9H3. The summed E-state index contributed by atoms with van der Waals surface area (Å²) in [5.41, 5.74) is 6.42. The third-order valence-corrected chi connectivity index (χ3v) is 5.62. The van der Waals surface area contributed by atoms with Crippen LogP contribution in [0.3, 0.4) is 0 Å². The van der Waals surface area contributed by atoms with Crippen LogP contribution in [0.4, 0.5) is 0 Å². The Balaban J connectivity index is 2.30. The number of hydrogen-bond acceptors (Lipinski definition) is 1. The van der Waals surface area contributed by atoms with Gasteiger partial charge in [0, 0.05) is 18.6 Å². The van der Waals surface area contributed by atoms with Gasteiger partial charge < -0.3 is 0 Å². The van der Waals surface area contributed by atoms with Crippen LogP contribution in [0.5, 0.6) is 0 Å². The summed E-state index contributed by atoms with van der Waals surface area (Å²) in [5.74, 6) is 0. The van der Waals surface area contributed by atoms with Crippen LogP contribution in [0, 0.1) is 0 Å². The van der Waals surface area contributed by atoms with Gasteiger partial charge in [0.15, 0.2) is 0 Å². The van der Waals surface area contributed by atoms with E-state index in [1.165, 1.54) is 33.0 Å². The number of nitrogens with zero attached hydrogens (tertiary/aromatic N) is 1. The fourth-order valence-corrected chi connectivity index (χ4v) is 3.76. The van der Waals surface area contributed by atoms with Crippen molar-refractivity contribution in [2.45, 2.75) is 91.8 Å². The van der Waals surface area contributed by atoms with Crippen molar-refractivity contribution in [1.29, 1.82) is 0 Å². The van der Waals surface area contributed by atoms with Gasteiger partial charge in [0.25, 0.3) is 0 Å². The lowest BCUT2D eigenvalue weighted by Crippen LogP contribution is -2.42. The van der Waals surface area contributed by atoms with Gasteiger partial charge >= 0.3 is 0 Å². The van der Waals surface area contributed by atoms with Crippen LogP contribution in [0.15, 0.2) is 24.3 Å². The number of rotatable bonds is 0. The van der Waals surface area contributed by atoms with Crippen LogP contribution >= 0.6 is 0 Å². The van der Waals surface area contributed by atoms with Crippen molar-refractivity contribution in [3.05, 3.63) is 46.5 Å². The molecular formula is C24H35N. The molecule has 0 saturated heterocycles. The highest BCUT2D eigenvalue weighted by molar-refractivity contribution is 5.91. The average molecular weight is 338 g/mol. The fraction of sp³-hybridized carbons (Fsp3) is 0.583. The Morgan fingerprint density at radius 3 is 1.36 bits per heavy atom. The average Bonchev–Trinajstić information content (AvgIpc) is 2.43. The molecule has 1 aliphatic rings. The second kappa shape index (κ2) is 5.58. The molecule has 0 atom stereocenters. The third-order valence-electron chi connectivity index (χ3n) is 5.62. The van der Waals surface area contributed by atoms with Gasteiger partial charge in [-0.3, -0.25) is 4.90 Å². The molecule has 0 radical (unpaired) electrons. The molecule has 0 bridgehead atoms. The Bertz CT molecular complexity index is 748. The molecule has 0 unspecified atom stereocenters. The predicted octanol–water partition coefficient (Wildman–Crippen LogP) is 6.55. The van der Waals surface area contributed by atoms with E-state index in [-0.39, 0.29) is 16.4 Å². The van der Waals surface area contributed by atoms with Crippen molar-refractivity contribution in [3.63, 3.8) is 0 Å². The van der Waals surface area contributed by atoms with Crippen LogP contribution in [0.2, 0.25) is 0 Å². The Kier molecular flexibility index (Phi) is 4.12. The van der Waals surface area contributed by atoms with Crippen molar-refractivity contribution in [3.8, 4) is 0 Å². The molecule has 0 saturated carbocycles. The van der Waals surface area contributed by atoms with Gasteiger partial charge in [-0.2, -0.15) is 0 Å². The predicted molar refractivity (Wildman–Crippen MR) is 110 cm³/mol. The van der Waals surface area contributed by atoms with E-state index in [9.17, 15) is 0 Å². The van der Waals surface area contributed by atoms with Gasteiger partial charge in [0.1, 0.15) is 0 Å². The summed E-state index contributed by atoms with van der Waals surface area (Å²) >= 11 is 0. The van der Waals surface area contributed by atoms with E-state index in [1.807, 2.05) is 0 Å². The Labute approximate surface area is 154 Å². The molecule has 25 heavy (non-hydrogen) atoms. The zero-order valence-electron chi connectivity index (χ0n) is 17.7. The quantitative estimate of drug-likeness (QED) is 0.527. The van der Waals surface area contributed by atoms with Crippen molar-refractivity contribution in [2.24, 2.45) is 0 Å². The van der Waals surface area contributed by atoms with Crippen LogP contribution in [-0.4, -0.2) is 10.4 Å². The van der Waals surface area contributed by atoms with Gasteiger partial charge in [0.05, 0.1) is 0 Å². The second-order valence-corrected chi connectivity index (χ2v) is 10.9. The topological polar surface area (TPSA) is 3.24 Å². The first-order valence-electron chi connectivity index (χ1n) is 9.62. The molecule has 0 aliphatic carbocycles. The van der Waals surface area contributed by atoms with Gasteiger partial charge in [0.2, 0.25) is 0 Å². The summed E-state index contributed by atoms with van der Waals surface area (Å²) in [5, 5.41) is 2.93. The molecule has 1 heterocycles. The first-order valence-corrected chi connectivity index (χ1v) is 9.62. The van der Waals surface area contributed by atoms with Gasteiger partial charge in [-0.05, 0) is 64.6 Å². The van der Waals surface area contributed by atoms with Crippen LogP contribution < -0.4 is 0 Å². The molecule has 1 nitrogen and oxygen atoms in total. The summed E-state index contributed by atoms with van der Waals surface area (Å²) in [6.45, 7) is 23.0. The summed E-state index contributed by atoms with van der Waals surface area (Å²) < 4.78 is 0. The highest BCUT2D eigenvalue weighted by Gasteiger charge is 2.29. The maximum Gasteiger partial charge on any atom is 0.0248 e. The Hall–Kier alpha value is -1.34. The minimum atomic E-state index is 0.173. The van der Waals surface area contributed by atoms with E-state index in [0.29, 0.717) is 0 Å². The van der Waals surface area contributed by atoms with Gasteiger partial charge in [-0.15, -0.1) is 0 Å². The molecule has 0 aromatic heterocycles. The monoisotopic (exact) mass is 337 g/mol. The number of hydrogen-bond donors (Lipinski definition) is 0. The minimum absolute atomic E-state index is 0.173. The van der Waals surface area contributed by atoms with Crippen LogP contribution in [-0.2, 0) is 23.9 Å². The largest absolute Gasteiger partial charge is 0.290 e. The summed E-state index contributed by atoms with van der Waals surface area (Å²) in [6, 6.07) is 9.79. The van der Waals surface area contributed by atoms with Gasteiger partial charge in [-0.1, -0.05) is 65.8 Å². The molecule has 0 amide bonds. The molecule has 0 fully saturated rings. The summed E-state index contributed by atoms with van der Waals surface area (Å²) in [7, 11) is 0. The normalized spacial score (nSPS) is 16.5. The zero-order valence-corrected chi connectivity index (χ0v) is 17.7. The molecule has 0 spiro atoms. The molecule has 0 N–H and O–H groups in total. The second-order valence-electron chi connectivity index (χ2n) is 10.9. The van der Waals surface area contributed by atoms with E-state index in [4.69, 9.17) is 0 Å². The smallest absolute Gasteiger partial charge is 0.0248 e. The summed E-state index contributed by atoms with van der Waals surface area (Å²) in [4.78, 5) is 2.61. The minimum Gasteiger partial charge on any atom is -0.290 e. The van der Waals surface area contributed by atoms with Crippen molar-refractivity contribution in [2.75, 3.05) is 0 Å². The van der Waals surface area contributed by atoms with E-state index in [0.717, 1.165) is 13.1 Å². The van der Waals surface area contributed by atoms with Crippen molar-refractivity contribution < 1.29 is 0 Å². The van der Waals surface area contributed by atoms with E-state index in [2.05, 4.69) is 91.5 Å². The molecule has 2 aromatic carbocycles.